The molecule has 0 saturated carbocycles. The molecule has 0 aliphatic carbocycles. The summed E-state index contributed by atoms with van der Waals surface area (Å²) in [6.45, 7) is 7.77. The first-order valence-corrected chi connectivity index (χ1v) is 7.42. The van der Waals surface area contributed by atoms with Gasteiger partial charge in [-0.2, -0.15) is 0 Å². The molecular weight excluding hydrogens is 262 g/mol. The summed E-state index contributed by atoms with van der Waals surface area (Å²) >= 11 is 0. The van der Waals surface area contributed by atoms with Crippen LogP contribution in [0.25, 0.3) is 10.8 Å². The highest BCUT2D eigenvalue weighted by atomic mass is 16.5. The van der Waals surface area contributed by atoms with Gasteiger partial charge in [0.05, 0.1) is 31.5 Å². The van der Waals surface area contributed by atoms with Crippen molar-refractivity contribution >= 4 is 10.8 Å². The van der Waals surface area contributed by atoms with Crippen molar-refractivity contribution in [3.63, 3.8) is 0 Å². The van der Waals surface area contributed by atoms with Gasteiger partial charge in [-0.25, -0.2) is 0 Å². The van der Waals surface area contributed by atoms with E-state index in [1.54, 1.807) is 0 Å². The van der Waals surface area contributed by atoms with E-state index in [0.717, 1.165) is 5.56 Å². The fourth-order valence-corrected chi connectivity index (χ4v) is 2.28. The van der Waals surface area contributed by atoms with Crippen molar-refractivity contribution in [1.29, 1.82) is 0 Å². The normalized spacial score (nSPS) is 13.5. The van der Waals surface area contributed by atoms with Gasteiger partial charge in [-0.1, -0.05) is 42.5 Å². The van der Waals surface area contributed by atoms with E-state index in [0.29, 0.717) is 19.8 Å². The smallest absolute Gasteiger partial charge is 0.0707 e. The summed E-state index contributed by atoms with van der Waals surface area (Å²) < 4.78 is 11.3. The van der Waals surface area contributed by atoms with Crippen molar-refractivity contribution in [3.05, 3.63) is 48.0 Å². The molecule has 2 aromatic carbocycles. The van der Waals surface area contributed by atoms with Gasteiger partial charge in [-0.3, -0.25) is 0 Å². The molecule has 0 amide bonds. The third kappa shape index (κ3) is 4.81. The Morgan fingerprint density at radius 1 is 1.00 bits per heavy atom. The molecule has 0 bridgehead atoms. The van der Waals surface area contributed by atoms with Gasteiger partial charge in [-0.05, 0) is 37.1 Å². The zero-order valence-corrected chi connectivity index (χ0v) is 13.1. The molecule has 0 aliphatic heterocycles. The van der Waals surface area contributed by atoms with Crippen LogP contribution in [0.4, 0.5) is 0 Å². The van der Waals surface area contributed by atoms with Gasteiger partial charge in [0.1, 0.15) is 0 Å². The molecular formula is C18H25NO2. The highest BCUT2D eigenvalue weighted by Gasteiger charge is 2.11. The number of hydrogen-bond donors (Lipinski definition) is 1. The summed E-state index contributed by atoms with van der Waals surface area (Å²) in [5.74, 6) is 0. The van der Waals surface area contributed by atoms with Crippen LogP contribution in [0.2, 0.25) is 0 Å². The van der Waals surface area contributed by atoms with Crippen LogP contribution < -0.4 is 5.73 Å². The van der Waals surface area contributed by atoms with Crippen LogP contribution in [0.3, 0.4) is 0 Å². The van der Waals surface area contributed by atoms with E-state index in [4.69, 9.17) is 15.2 Å². The van der Waals surface area contributed by atoms with Gasteiger partial charge >= 0.3 is 0 Å². The lowest BCUT2D eigenvalue weighted by molar-refractivity contribution is -0.0363. The van der Waals surface area contributed by atoms with E-state index in [1.807, 2.05) is 39.0 Å². The lowest BCUT2D eigenvalue weighted by atomic mass is 10.00. The van der Waals surface area contributed by atoms with Crippen molar-refractivity contribution < 1.29 is 9.47 Å². The highest BCUT2D eigenvalue weighted by Crippen LogP contribution is 2.23. The third-order valence-electron chi connectivity index (χ3n) is 3.28. The number of benzene rings is 2. The van der Waals surface area contributed by atoms with Gasteiger partial charge in [0, 0.05) is 0 Å². The van der Waals surface area contributed by atoms with Crippen molar-refractivity contribution in [3.8, 4) is 0 Å². The molecule has 0 spiro atoms. The van der Waals surface area contributed by atoms with Crippen LogP contribution in [0, 0.1) is 0 Å². The molecule has 3 nitrogen and oxygen atoms in total. The Balaban J connectivity index is 1.89. The fourth-order valence-electron chi connectivity index (χ4n) is 2.28. The topological polar surface area (TPSA) is 44.5 Å². The second-order valence-electron chi connectivity index (χ2n) is 6.21. The van der Waals surface area contributed by atoms with Crippen molar-refractivity contribution in [2.75, 3.05) is 19.8 Å². The summed E-state index contributed by atoms with van der Waals surface area (Å²) in [6.07, 6.45) is 0. The van der Waals surface area contributed by atoms with Crippen molar-refractivity contribution in [2.24, 2.45) is 5.73 Å². The Morgan fingerprint density at radius 2 is 1.71 bits per heavy atom. The predicted octanol–water partition coefficient (Wildman–Crippen LogP) is 3.67. The molecule has 2 rings (SSSR count). The molecule has 114 valence electrons. The fraction of sp³-hybridized carbons (Fsp3) is 0.444. The highest BCUT2D eigenvalue weighted by molar-refractivity contribution is 5.86. The molecule has 0 heterocycles. The molecule has 1 unspecified atom stereocenters. The standard InChI is InChI=1S/C18H25NO2/c1-18(2,3)21-12-11-20-13-17(19)16-10-6-8-14-7-4-5-9-15(14)16/h4-10,17H,11-13,19H2,1-3H3. The maximum absolute atomic E-state index is 6.26. The molecule has 0 aromatic heterocycles. The van der Waals surface area contributed by atoms with Crippen LogP contribution in [0.5, 0.6) is 0 Å². The number of nitrogens with two attached hydrogens (primary N) is 1. The molecule has 2 N–H and O–H groups in total. The van der Waals surface area contributed by atoms with Crippen molar-refractivity contribution in [1.82, 2.24) is 0 Å². The van der Waals surface area contributed by atoms with E-state index in [-0.39, 0.29) is 11.6 Å². The van der Waals surface area contributed by atoms with Crippen LogP contribution in [0.15, 0.2) is 42.5 Å². The van der Waals surface area contributed by atoms with Crippen LogP contribution in [-0.2, 0) is 9.47 Å². The van der Waals surface area contributed by atoms with Crippen LogP contribution in [-0.4, -0.2) is 25.4 Å². The first kappa shape index (κ1) is 16.0. The molecule has 21 heavy (non-hydrogen) atoms. The Hall–Kier alpha value is -1.42. The zero-order valence-electron chi connectivity index (χ0n) is 13.1. The van der Waals surface area contributed by atoms with Crippen LogP contribution >= 0.6 is 0 Å². The second-order valence-corrected chi connectivity index (χ2v) is 6.21. The van der Waals surface area contributed by atoms with Gasteiger partial charge in [0.15, 0.2) is 0 Å². The number of hydrogen-bond acceptors (Lipinski definition) is 3. The van der Waals surface area contributed by atoms with Gasteiger partial charge in [0.25, 0.3) is 0 Å². The minimum absolute atomic E-state index is 0.120. The van der Waals surface area contributed by atoms with Crippen LogP contribution in [0.1, 0.15) is 32.4 Å². The Labute approximate surface area is 127 Å². The Bertz CT molecular complexity index is 569. The molecule has 3 heteroatoms. The van der Waals surface area contributed by atoms with E-state index >= 15 is 0 Å². The molecule has 0 saturated heterocycles. The monoisotopic (exact) mass is 287 g/mol. The SMILES string of the molecule is CC(C)(C)OCCOCC(N)c1cccc2ccccc12. The molecule has 1 atom stereocenters. The average molecular weight is 287 g/mol. The molecule has 0 fully saturated rings. The minimum Gasteiger partial charge on any atom is -0.377 e. The van der Waals surface area contributed by atoms with Gasteiger partial charge in [0.2, 0.25) is 0 Å². The number of rotatable bonds is 6. The van der Waals surface area contributed by atoms with E-state index < -0.39 is 0 Å². The Morgan fingerprint density at radius 3 is 2.48 bits per heavy atom. The number of ether oxygens (including phenoxy) is 2. The molecule has 0 aliphatic rings. The predicted molar refractivity (Wildman–Crippen MR) is 87.4 cm³/mol. The summed E-state index contributed by atoms with van der Waals surface area (Å²) in [5, 5.41) is 2.41. The first-order chi connectivity index (χ1) is 9.97. The first-order valence-electron chi connectivity index (χ1n) is 7.42. The summed E-state index contributed by atoms with van der Waals surface area (Å²) in [4.78, 5) is 0. The minimum atomic E-state index is -0.124. The lowest BCUT2D eigenvalue weighted by Gasteiger charge is -2.20. The van der Waals surface area contributed by atoms with Crippen molar-refractivity contribution in [2.45, 2.75) is 32.4 Å². The quantitative estimate of drug-likeness (QED) is 0.824. The Kier molecular flexibility index (Phi) is 5.34. The lowest BCUT2D eigenvalue weighted by Crippen LogP contribution is -2.23. The number of fused-ring (bicyclic) bond motifs is 1. The van der Waals surface area contributed by atoms with Gasteiger partial charge < -0.3 is 15.2 Å². The summed E-state index contributed by atoms with van der Waals surface area (Å²) in [7, 11) is 0. The largest absolute Gasteiger partial charge is 0.377 e. The zero-order chi connectivity index (χ0) is 15.3. The molecule has 0 radical (unpaired) electrons. The second kappa shape index (κ2) is 7.03. The maximum Gasteiger partial charge on any atom is 0.0707 e. The van der Waals surface area contributed by atoms with Gasteiger partial charge in [-0.15, -0.1) is 0 Å². The third-order valence-corrected chi connectivity index (χ3v) is 3.28. The van der Waals surface area contributed by atoms with E-state index in [1.165, 1.54) is 10.8 Å². The van der Waals surface area contributed by atoms with E-state index in [9.17, 15) is 0 Å². The summed E-state index contributed by atoms with van der Waals surface area (Å²) in [5.41, 5.74) is 7.27. The molecule has 2 aromatic rings. The summed E-state index contributed by atoms with van der Waals surface area (Å²) in [6, 6.07) is 14.4. The average Bonchev–Trinajstić information content (AvgIpc) is 2.45. The maximum atomic E-state index is 6.26. The van der Waals surface area contributed by atoms with E-state index in [2.05, 4.69) is 24.3 Å².